The number of nitrogens with zero attached hydrogens (tertiary/aromatic N) is 2. The number of aromatic nitrogens is 2. The topological polar surface area (TPSA) is 39.1 Å². The molecule has 0 amide bonds. The molecule has 17 heavy (non-hydrogen) atoms. The van der Waals surface area contributed by atoms with Gasteiger partial charge in [-0.25, -0.2) is 0 Å². The molecule has 0 unspecified atom stereocenters. The van der Waals surface area contributed by atoms with Crippen molar-refractivity contribution in [1.29, 1.82) is 0 Å². The number of ether oxygens (including phenoxy) is 1. The zero-order valence-corrected chi connectivity index (χ0v) is 11.5. The van der Waals surface area contributed by atoms with Crippen LogP contribution in [0.1, 0.15) is 37.7 Å². The second-order valence-electron chi connectivity index (χ2n) is 4.03. The van der Waals surface area contributed by atoms with Crippen LogP contribution in [0.25, 0.3) is 0 Å². The molecule has 0 radical (unpaired) electrons. The Bertz CT molecular complexity index is 334. The standard InChI is InChI=1S/C13H25N3O/c1-5-12-11(10-14-4)13(6-2)16(15-12)8-9-17-7-3/h14H,5-10H2,1-4H3. The predicted molar refractivity (Wildman–Crippen MR) is 70.2 cm³/mol. The predicted octanol–water partition coefficient (Wildman–Crippen LogP) is 1.76. The minimum Gasteiger partial charge on any atom is -0.380 e. The summed E-state index contributed by atoms with van der Waals surface area (Å²) in [6.45, 7) is 9.64. The normalized spacial score (nSPS) is 11.1. The lowest BCUT2D eigenvalue weighted by Gasteiger charge is -2.07. The Labute approximate surface area is 104 Å². The Morgan fingerprint density at radius 1 is 1.24 bits per heavy atom. The molecule has 4 heteroatoms. The van der Waals surface area contributed by atoms with Crippen molar-refractivity contribution in [2.24, 2.45) is 0 Å². The molecular formula is C13H25N3O. The van der Waals surface area contributed by atoms with Gasteiger partial charge < -0.3 is 10.1 Å². The van der Waals surface area contributed by atoms with E-state index >= 15 is 0 Å². The molecule has 98 valence electrons. The minimum absolute atomic E-state index is 0.743. The Morgan fingerprint density at radius 3 is 2.53 bits per heavy atom. The van der Waals surface area contributed by atoms with E-state index in [2.05, 4.69) is 28.9 Å². The summed E-state index contributed by atoms with van der Waals surface area (Å²) in [5.41, 5.74) is 3.93. The first-order valence-corrected chi connectivity index (χ1v) is 6.58. The highest BCUT2D eigenvalue weighted by atomic mass is 16.5. The third-order valence-corrected chi connectivity index (χ3v) is 2.92. The van der Waals surface area contributed by atoms with Gasteiger partial charge in [0.15, 0.2) is 0 Å². The van der Waals surface area contributed by atoms with Crippen LogP contribution in [0.15, 0.2) is 0 Å². The second-order valence-corrected chi connectivity index (χ2v) is 4.03. The van der Waals surface area contributed by atoms with Gasteiger partial charge in [0.2, 0.25) is 0 Å². The Kier molecular flexibility index (Phi) is 6.22. The molecule has 1 heterocycles. The van der Waals surface area contributed by atoms with E-state index in [-0.39, 0.29) is 0 Å². The molecule has 1 aromatic heterocycles. The summed E-state index contributed by atoms with van der Waals surface area (Å²) in [7, 11) is 1.98. The summed E-state index contributed by atoms with van der Waals surface area (Å²) in [5.74, 6) is 0. The van der Waals surface area contributed by atoms with Gasteiger partial charge in [-0.15, -0.1) is 0 Å². The average Bonchev–Trinajstić information content (AvgIpc) is 2.67. The van der Waals surface area contributed by atoms with Gasteiger partial charge in [-0.3, -0.25) is 4.68 Å². The fraction of sp³-hybridized carbons (Fsp3) is 0.769. The summed E-state index contributed by atoms with van der Waals surface area (Å²) in [6.07, 6.45) is 2.02. The number of rotatable bonds is 8. The first kappa shape index (κ1) is 14.2. The van der Waals surface area contributed by atoms with E-state index in [1.54, 1.807) is 0 Å². The van der Waals surface area contributed by atoms with Gasteiger partial charge in [0.1, 0.15) is 0 Å². The quantitative estimate of drug-likeness (QED) is 0.703. The third kappa shape index (κ3) is 3.54. The molecule has 0 aromatic carbocycles. The zero-order valence-electron chi connectivity index (χ0n) is 11.5. The molecule has 0 aliphatic heterocycles. The molecule has 4 nitrogen and oxygen atoms in total. The summed E-state index contributed by atoms with van der Waals surface area (Å²) in [6, 6.07) is 0. The van der Waals surface area contributed by atoms with Crippen molar-refractivity contribution < 1.29 is 4.74 Å². The average molecular weight is 239 g/mol. The van der Waals surface area contributed by atoms with E-state index in [4.69, 9.17) is 4.74 Å². The molecule has 1 rings (SSSR count). The maximum absolute atomic E-state index is 5.40. The summed E-state index contributed by atoms with van der Waals surface area (Å²) in [4.78, 5) is 0. The van der Waals surface area contributed by atoms with Gasteiger partial charge in [-0.2, -0.15) is 5.10 Å². The Hall–Kier alpha value is -0.870. The van der Waals surface area contributed by atoms with Crippen LogP contribution in [-0.2, 0) is 30.7 Å². The maximum atomic E-state index is 5.40. The largest absolute Gasteiger partial charge is 0.380 e. The number of hydrogen-bond acceptors (Lipinski definition) is 3. The third-order valence-electron chi connectivity index (χ3n) is 2.92. The second kappa shape index (κ2) is 7.45. The van der Waals surface area contributed by atoms with Crippen LogP contribution >= 0.6 is 0 Å². The number of aryl methyl sites for hydroxylation is 1. The van der Waals surface area contributed by atoms with Crippen LogP contribution < -0.4 is 5.32 Å². The van der Waals surface area contributed by atoms with Crippen molar-refractivity contribution in [3.8, 4) is 0 Å². The Morgan fingerprint density at radius 2 is 2.00 bits per heavy atom. The van der Waals surface area contributed by atoms with Gasteiger partial charge in [0.25, 0.3) is 0 Å². The SMILES string of the molecule is CCOCCn1nc(CC)c(CNC)c1CC. The van der Waals surface area contributed by atoms with E-state index in [9.17, 15) is 0 Å². The molecule has 0 fully saturated rings. The van der Waals surface area contributed by atoms with Crippen molar-refractivity contribution in [3.63, 3.8) is 0 Å². The molecule has 0 saturated heterocycles. The van der Waals surface area contributed by atoms with Crippen molar-refractivity contribution in [2.45, 2.75) is 46.7 Å². The van der Waals surface area contributed by atoms with Gasteiger partial charge in [-0.1, -0.05) is 13.8 Å². The highest BCUT2D eigenvalue weighted by Crippen LogP contribution is 2.16. The molecule has 1 aromatic rings. The molecule has 0 saturated carbocycles. The molecule has 0 spiro atoms. The summed E-state index contributed by atoms with van der Waals surface area (Å²) < 4.78 is 7.52. The molecular weight excluding hydrogens is 214 g/mol. The number of nitrogens with one attached hydrogen (secondary N) is 1. The van der Waals surface area contributed by atoms with Gasteiger partial charge in [0, 0.05) is 24.4 Å². The van der Waals surface area contributed by atoms with Gasteiger partial charge in [-0.05, 0) is 26.8 Å². The van der Waals surface area contributed by atoms with Crippen LogP contribution in [0.2, 0.25) is 0 Å². The first-order valence-electron chi connectivity index (χ1n) is 6.58. The monoisotopic (exact) mass is 239 g/mol. The minimum atomic E-state index is 0.743. The highest BCUT2D eigenvalue weighted by molar-refractivity contribution is 5.26. The van der Waals surface area contributed by atoms with E-state index in [0.29, 0.717) is 0 Å². The summed E-state index contributed by atoms with van der Waals surface area (Å²) in [5, 5.41) is 7.92. The van der Waals surface area contributed by atoms with Crippen LogP contribution in [-0.4, -0.2) is 30.0 Å². The first-order chi connectivity index (χ1) is 8.28. The van der Waals surface area contributed by atoms with Crippen LogP contribution in [0.5, 0.6) is 0 Å². The van der Waals surface area contributed by atoms with Crippen LogP contribution in [0.3, 0.4) is 0 Å². The lowest BCUT2D eigenvalue weighted by Crippen LogP contribution is -2.12. The lowest BCUT2D eigenvalue weighted by atomic mass is 10.1. The van der Waals surface area contributed by atoms with Crippen LogP contribution in [0.4, 0.5) is 0 Å². The lowest BCUT2D eigenvalue weighted by molar-refractivity contribution is 0.135. The maximum Gasteiger partial charge on any atom is 0.0669 e. The van der Waals surface area contributed by atoms with Gasteiger partial charge in [0.05, 0.1) is 18.8 Å². The van der Waals surface area contributed by atoms with Crippen LogP contribution in [0, 0.1) is 0 Å². The fourth-order valence-electron chi connectivity index (χ4n) is 2.13. The van der Waals surface area contributed by atoms with E-state index in [0.717, 1.165) is 39.1 Å². The van der Waals surface area contributed by atoms with Crippen molar-refractivity contribution in [3.05, 3.63) is 17.0 Å². The van der Waals surface area contributed by atoms with Gasteiger partial charge >= 0.3 is 0 Å². The molecule has 1 N–H and O–H groups in total. The van der Waals surface area contributed by atoms with Crippen molar-refractivity contribution in [2.75, 3.05) is 20.3 Å². The molecule has 0 aliphatic rings. The van der Waals surface area contributed by atoms with Crippen molar-refractivity contribution >= 4 is 0 Å². The smallest absolute Gasteiger partial charge is 0.0669 e. The van der Waals surface area contributed by atoms with Crippen molar-refractivity contribution in [1.82, 2.24) is 15.1 Å². The number of hydrogen-bond donors (Lipinski definition) is 1. The van der Waals surface area contributed by atoms with E-state index < -0.39 is 0 Å². The Balaban J connectivity index is 2.87. The summed E-state index contributed by atoms with van der Waals surface area (Å²) >= 11 is 0. The molecule has 0 bridgehead atoms. The molecule has 0 atom stereocenters. The zero-order chi connectivity index (χ0) is 12.7. The van der Waals surface area contributed by atoms with E-state index in [1.807, 2.05) is 14.0 Å². The van der Waals surface area contributed by atoms with E-state index in [1.165, 1.54) is 17.0 Å². The fourth-order valence-corrected chi connectivity index (χ4v) is 2.13. The highest BCUT2D eigenvalue weighted by Gasteiger charge is 2.14. The molecule has 0 aliphatic carbocycles.